The highest BCUT2D eigenvalue weighted by Crippen LogP contribution is 2.25. The van der Waals surface area contributed by atoms with Crippen LogP contribution in [-0.2, 0) is 0 Å². The summed E-state index contributed by atoms with van der Waals surface area (Å²) < 4.78 is 1.84. The molecule has 3 aromatic heterocycles. The van der Waals surface area contributed by atoms with Crippen molar-refractivity contribution in [1.29, 1.82) is 0 Å². The first-order valence-electron chi connectivity index (χ1n) is 9.76. The van der Waals surface area contributed by atoms with Gasteiger partial charge < -0.3 is 20.2 Å². The smallest absolute Gasteiger partial charge is 0.271 e. The number of aliphatic hydroxyl groups is 1. The molecule has 1 amide bonds. The Kier molecular flexibility index (Phi) is 4.76. The van der Waals surface area contributed by atoms with Gasteiger partial charge in [-0.05, 0) is 19.3 Å². The van der Waals surface area contributed by atoms with Crippen LogP contribution in [0.25, 0.3) is 5.65 Å². The van der Waals surface area contributed by atoms with Gasteiger partial charge in [-0.1, -0.05) is 0 Å². The minimum atomic E-state index is -0.225. The van der Waals surface area contributed by atoms with Crippen molar-refractivity contribution in [3.8, 4) is 0 Å². The summed E-state index contributed by atoms with van der Waals surface area (Å²) in [6, 6.07) is 0.0303. The quantitative estimate of drug-likeness (QED) is 0.637. The number of piperidine rings is 1. The van der Waals surface area contributed by atoms with Crippen molar-refractivity contribution in [2.45, 2.75) is 31.4 Å². The first-order valence-corrected chi connectivity index (χ1v) is 10.6. The molecule has 5 heterocycles. The first-order chi connectivity index (χ1) is 14.2. The predicted molar refractivity (Wildman–Crippen MR) is 108 cm³/mol. The van der Waals surface area contributed by atoms with E-state index in [4.69, 9.17) is 0 Å². The fourth-order valence-corrected chi connectivity index (χ4v) is 4.73. The monoisotopic (exact) mass is 414 g/mol. The normalized spacial score (nSPS) is 20.5. The SMILES string of the molecule is O=C(N[C@H]1CCN(c2nccn3cnnc23)C1)c1csc(N2CCC(O)CC2)n1. The molecule has 0 aromatic carbocycles. The molecule has 2 saturated heterocycles. The maximum atomic E-state index is 12.7. The fourth-order valence-electron chi connectivity index (χ4n) is 3.87. The van der Waals surface area contributed by atoms with Gasteiger partial charge in [-0.15, -0.1) is 21.5 Å². The summed E-state index contributed by atoms with van der Waals surface area (Å²) in [5, 5.41) is 23.5. The average molecular weight is 414 g/mol. The van der Waals surface area contributed by atoms with Gasteiger partial charge in [-0.2, -0.15) is 0 Å². The Morgan fingerprint density at radius 1 is 1.21 bits per heavy atom. The molecule has 2 aliphatic heterocycles. The van der Waals surface area contributed by atoms with E-state index in [1.165, 1.54) is 11.3 Å². The molecular formula is C18H22N8O2S. The number of fused-ring (bicyclic) bond motifs is 1. The molecule has 10 nitrogen and oxygen atoms in total. The van der Waals surface area contributed by atoms with Crippen molar-refractivity contribution in [1.82, 2.24) is 29.9 Å². The van der Waals surface area contributed by atoms with E-state index in [1.54, 1.807) is 17.9 Å². The minimum absolute atomic E-state index is 0.0303. The summed E-state index contributed by atoms with van der Waals surface area (Å²) in [4.78, 5) is 25.9. The molecule has 0 saturated carbocycles. The zero-order valence-corrected chi connectivity index (χ0v) is 16.6. The molecule has 2 fully saturated rings. The number of amides is 1. The molecular weight excluding hydrogens is 392 g/mol. The summed E-state index contributed by atoms with van der Waals surface area (Å²) in [5.41, 5.74) is 1.17. The van der Waals surface area contributed by atoms with Crippen molar-refractivity contribution in [2.24, 2.45) is 0 Å². The van der Waals surface area contributed by atoms with Gasteiger partial charge in [0.15, 0.2) is 10.9 Å². The molecule has 11 heteroatoms. The van der Waals surface area contributed by atoms with Crippen LogP contribution in [0.4, 0.5) is 10.9 Å². The minimum Gasteiger partial charge on any atom is -0.393 e. The largest absolute Gasteiger partial charge is 0.393 e. The molecule has 1 atom stereocenters. The van der Waals surface area contributed by atoms with Crippen LogP contribution in [0.15, 0.2) is 24.1 Å². The number of hydrogen-bond donors (Lipinski definition) is 2. The number of aliphatic hydroxyl groups excluding tert-OH is 1. The molecule has 152 valence electrons. The van der Waals surface area contributed by atoms with Gasteiger partial charge >= 0.3 is 0 Å². The lowest BCUT2D eigenvalue weighted by Gasteiger charge is -2.29. The van der Waals surface area contributed by atoms with Crippen LogP contribution in [0, 0.1) is 0 Å². The molecule has 0 unspecified atom stereocenters. The number of carbonyl (C=O) groups is 1. The van der Waals surface area contributed by atoms with Gasteiger partial charge in [-0.25, -0.2) is 9.97 Å². The van der Waals surface area contributed by atoms with E-state index in [2.05, 4.69) is 35.3 Å². The lowest BCUT2D eigenvalue weighted by Crippen LogP contribution is -2.38. The van der Waals surface area contributed by atoms with E-state index < -0.39 is 0 Å². The molecule has 0 bridgehead atoms. The van der Waals surface area contributed by atoms with Gasteiger partial charge in [0.05, 0.1) is 6.10 Å². The molecule has 3 aromatic rings. The number of rotatable bonds is 4. The predicted octanol–water partition coefficient (Wildman–Crippen LogP) is 0.551. The highest BCUT2D eigenvalue weighted by Gasteiger charge is 2.28. The van der Waals surface area contributed by atoms with Crippen LogP contribution in [-0.4, -0.2) is 73.9 Å². The van der Waals surface area contributed by atoms with Gasteiger partial charge in [0.1, 0.15) is 12.0 Å². The maximum Gasteiger partial charge on any atom is 0.271 e. The topological polar surface area (TPSA) is 112 Å². The summed E-state index contributed by atoms with van der Waals surface area (Å²) in [6.07, 6.45) is 7.29. The van der Waals surface area contributed by atoms with Crippen molar-refractivity contribution in [2.75, 3.05) is 36.0 Å². The molecule has 2 N–H and O–H groups in total. The Balaban J connectivity index is 1.21. The zero-order chi connectivity index (χ0) is 19.8. The second kappa shape index (κ2) is 7.56. The molecule has 29 heavy (non-hydrogen) atoms. The third-order valence-electron chi connectivity index (χ3n) is 5.48. The fraction of sp³-hybridized carbons (Fsp3) is 0.500. The van der Waals surface area contributed by atoms with Crippen LogP contribution in [0.1, 0.15) is 29.8 Å². The van der Waals surface area contributed by atoms with Crippen molar-refractivity contribution in [3.63, 3.8) is 0 Å². The second-order valence-corrected chi connectivity index (χ2v) is 8.29. The number of nitrogens with zero attached hydrogens (tertiary/aromatic N) is 7. The van der Waals surface area contributed by atoms with Crippen LogP contribution in [0.2, 0.25) is 0 Å². The number of hydrogen-bond acceptors (Lipinski definition) is 9. The Morgan fingerprint density at radius 3 is 2.90 bits per heavy atom. The van der Waals surface area contributed by atoms with E-state index in [0.29, 0.717) is 12.2 Å². The van der Waals surface area contributed by atoms with Crippen molar-refractivity contribution in [3.05, 3.63) is 29.8 Å². The average Bonchev–Trinajstić information content (AvgIpc) is 3.48. The molecule has 5 rings (SSSR count). The molecule has 0 spiro atoms. The summed E-state index contributed by atoms with van der Waals surface area (Å²) >= 11 is 1.48. The van der Waals surface area contributed by atoms with Crippen LogP contribution >= 0.6 is 11.3 Å². The van der Waals surface area contributed by atoms with Crippen LogP contribution < -0.4 is 15.1 Å². The van der Waals surface area contributed by atoms with Gasteiger partial charge in [-0.3, -0.25) is 9.20 Å². The highest BCUT2D eigenvalue weighted by atomic mass is 32.1. The Labute approximate surface area is 171 Å². The van der Waals surface area contributed by atoms with Gasteiger partial charge in [0.2, 0.25) is 5.65 Å². The first kappa shape index (κ1) is 18.3. The summed E-state index contributed by atoms with van der Waals surface area (Å²) in [6.45, 7) is 3.01. The van der Waals surface area contributed by atoms with Crippen molar-refractivity contribution < 1.29 is 9.90 Å². The lowest BCUT2D eigenvalue weighted by molar-refractivity contribution is 0.0936. The third-order valence-corrected chi connectivity index (χ3v) is 6.38. The van der Waals surface area contributed by atoms with E-state index in [1.807, 2.05) is 10.6 Å². The Hall–Kier alpha value is -2.79. The standard InChI is InChI=1S/C18H22N8O2S/c27-13-2-6-24(7-3-13)18-22-14(10-29-18)17(28)21-12-1-5-25(9-12)15-16-23-20-11-26(16)8-4-19-15/h4,8,10-13,27H,1-3,5-7,9H2,(H,21,28)/t12-/m0/s1. The molecule has 0 radical (unpaired) electrons. The number of nitrogens with one attached hydrogen (secondary N) is 1. The van der Waals surface area contributed by atoms with E-state index in [9.17, 15) is 9.90 Å². The highest BCUT2D eigenvalue weighted by molar-refractivity contribution is 7.13. The number of aromatic nitrogens is 5. The van der Waals surface area contributed by atoms with Gasteiger partial charge in [0, 0.05) is 50.0 Å². The maximum absolute atomic E-state index is 12.7. The van der Waals surface area contributed by atoms with Crippen LogP contribution in [0.3, 0.4) is 0 Å². The Morgan fingerprint density at radius 2 is 2.03 bits per heavy atom. The Bertz CT molecular complexity index is 1010. The molecule has 2 aliphatic rings. The number of anilines is 2. The summed E-state index contributed by atoms with van der Waals surface area (Å²) in [5.74, 6) is 0.634. The lowest BCUT2D eigenvalue weighted by atomic mass is 10.1. The van der Waals surface area contributed by atoms with E-state index >= 15 is 0 Å². The summed E-state index contributed by atoms with van der Waals surface area (Å²) in [7, 11) is 0. The van der Waals surface area contributed by atoms with Gasteiger partial charge in [0.25, 0.3) is 5.91 Å². The number of thiazole rings is 1. The van der Waals surface area contributed by atoms with Crippen LogP contribution in [0.5, 0.6) is 0 Å². The third kappa shape index (κ3) is 3.62. The zero-order valence-electron chi connectivity index (χ0n) is 15.8. The van der Waals surface area contributed by atoms with Crippen molar-refractivity contribution >= 4 is 33.8 Å². The van der Waals surface area contributed by atoms with E-state index in [-0.39, 0.29) is 18.1 Å². The van der Waals surface area contributed by atoms with E-state index in [0.717, 1.165) is 55.5 Å². The number of carbonyl (C=O) groups excluding carboxylic acids is 1. The second-order valence-electron chi connectivity index (χ2n) is 7.45. The molecule has 0 aliphatic carbocycles.